The molecule has 2 heterocycles. The summed E-state index contributed by atoms with van der Waals surface area (Å²) in [6, 6.07) is 10.9. The second-order valence-electron chi connectivity index (χ2n) is 5.68. The van der Waals surface area contributed by atoms with E-state index in [0.717, 1.165) is 16.3 Å². The summed E-state index contributed by atoms with van der Waals surface area (Å²) in [5.41, 5.74) is 2.06. The van der Waals surface area contributed by atoms with Crippen molar-refractivity contribution in [3.63, 3.8) is 0 Å². The van der Waals surface area contributed by atoms with Gasteiger partial charge in [-0.1, -0.05) is 18.2 Å². The van der Waals surface area contributed by atoms with Crippen LogP contribution in [0, 0.1) is 6.92 Å². The minimum atomic E-state index is -0.115. The van der Waals surface area contributed by atoms with Gasteiger partial charge in [0.1, 0.15) is 5.76 Å². The average Bonchev–Trinajstić information content (AvgIpc) is 3.25. The number of benzene rings is 1. The first kappa shape index (κ1) is 18.4. The SMILES string of the molecule is CC(=O)c1cccc(NC(=O)CSCc2nc(-c3cccs3)oc2C)c1. The molecule has 0 aliphatic rings. The van der Waals surface area contributed by atoms with Crippen LogP contribution in [0.15, 0.2) is 46.2 Å². The van der Waals surface area contributed by atoms with E-state index in [4.69, 9.17) is 4.42 Å². The van der Waals surface area contributed by atoms with Crippen molar-refractivity contribution >= 4 is 40.5 Å². The molecule has 0 bridgehead atoms. The molecular formula is C19H18N2O3S2. The van der Waals surface area contributed by atoms with Gasteiger partial charge < -0.3 is 9.73 Å². The van der Waals surface area contributed by atoms with Crippen molar-refractivity contribution < 1.29 is 14.0 Å². The van der Waals surface area contributed by atoms with E-state index in [1.807, 2.05) is 24.4 Å². The van der Waals surface area contributed by atoms with Gasteiger partial charge in [0.15, 0.2) is 5.78 Å². The lowest BCUT2D eigenvalue weighted by Crippen LogP contribution is -2.14. The Bertz CT molecular complexity index is 917. The fourth-order valence-corrected chi connectivity index (χ4v) is 3.79. The van der Waals surface area contributed by atoms with Gasteiger partial charge in [-0.2, -0.15) is 0 Å². The Hall–Kier alpha value is -2.38. The molecule has 134 valence electrons. The van der Waals surface area contributed by atoms with Crippen LogP contribution >= 0.6 is 23.1 Å². The number of anilines is 1. The molecule has 7 heteroatoms. The van der Waals surface area contributed by atoms with E-state index in [1.54, 1.807) is 35.6 Å². The van der Waals surface area contributed by atoms with Gasteiger partial charge in [-0.15, -0.1) is 23.1 Å². The summed E-state index contributed by atoms with van der Waals surface area (Å²) in [5, 5.41) is 4.79. The third-order valence-corrected chi connectivity index (χ3v) is 5.45. The van der Waals surface area contributed by atoms with Crippen molar-refractivity contribution in [3.05, 3.63) is 58.8 Å². The van der Waals surface area contributed by atoms with Crippen molar-refractivity contribution in [1.29, 1.82) is 0 Å². The molecule has 3 aromatic rings. The number of thiophene rings is 1. The van der Waals surface area contributed by atoms with Gasteiger partial charge >= 0.3 is 0 Å². The highest BCUT2D eigenvalue weighted by Gasteiger charge is 2.13. The summed E-state index contributed by atoms with van der Waals surface area (Å²) in [6.45, 7) is 3.38. The van der Waals surface area contributed by atoms with E-state index in [0.29, 0.717) is 28.6 Å². The molecule has 2 aromatic heterocycles. The van der Waals surface area contributed by atoms with E-state index in [-0.39, 0.29) is 11.7 Å². The first-order chi connectivity index (χ1) is 12.5. The fourth-order valence-electron chi connectivity index (χ4n) is 2.32. The fraction of sp³-hybridized carbons (Fsp3) is 0.211. The summed E-state index contributed by atoms with van der Waals surface area (Å²) < 4.78 is 5.70. The van der Waals surface area contributed by atoms with Crippen molar-refractivity contribution in [2.45, 2.75) is 19.6 Å². The Morgan fingerprint density at radius 1 is 1.27 bits per heavy atom. The normalized spacial score (nSPS) is 10.7. The summed E-state index contributed by atoms with van der Waals surface area (Å²) in [4.78, 5) is 29.0. The maximum atomic E-state index is 12.1. The highest BCUT2D eigenvalue weighted by Crippen LogP contribution is 2.27. The Balaban J connectivity index is 1.53. The maximum Gasteiger partial charge on any atom is 0.236 e. The van der Waals surface area contributed by atoms with E-state index >= 15 is 0 Å². The lowest BCUT2D eigenvalue weighted by Gasteiger charge is -2.06. The zero-order valence-electron chi connectivity index (χ0n) is 14.4. The maximum absolute atomic E-state index is 12.1. The summed E-state index contributed by atoms with van der Waals surface area (Å²) in [7, 11) is 0. The molecule has 0 unspecified atom stereocenters. The van der Waals surface area contributed by atoms with Crippen molar-refractivity contribution in [1.82, 2.24) is 4.98 Å². The Morgan fingerprint density at radius 2 is 2.12 bits per heavy atom. The van der Waals surface area contributed by atoms with Crippen LogP contribution in [0.2, 0.25) is 0 Å². The summed E-state index contributed by atoms with van der Waals surface area (Å²) in [5.74, 6) is 2.15. The quantitative estimate of drug-likeness (QED) is 0.591. The largest absolute Gasteiger partial charge is 0.440 e. The standard InChI is InChI=1S/C19H18N2O3S2/c1-12(22)14-5-3-6-15(9-14)20-18(23)11-25-10-16-13(2)24-19(21-16)17-7-4-8-26-17/h3-9H,10-11H2,1-2H3,(H,20,23). The Labute approximate surface area is 159 Å². The zero-order chi connectivity index (χ0) is 18.5. The molecule has 26 heavy (non-hydrogen) atoms. The molecule has 0 aliphatic heterocycles. The number of ketones is 1. The zero-order valence-corrected chi connectivity index (χ0v) is 16.1. The van der Waals surface area contributed by atoms with Crippen LogP contribution in [0.1, 0.15) is 28.7 Å². The summed E-state index contributed by atoms with van der Waals surface area (Å²) in [6.07, 6.45) is 0. The number of carbonyl (C=O) groups is 2. The minimum absolute atomic E-state index is 0.0291. The second kappa shape index (κ2) is 8.33. The molecule has 0 spiro atoms. The van der Waals surface area contributed by atoms with Crippen LogP contribution in [0.4, 0.5) is 5.69 Å². The number of aryl methyl sites for hydroxylation is 1. The number of rotatable bonds is 7. The molecule has 0 aliphatic carbocycles. The van der Waals surface area contributed by atoms with Gasteiger partial charge in [-0.3, -0.25) is 9.59 Å². The number of Topliss-reactive ketones (excluding diaryl/α,β-unsaturated/α-hetero) is 1. The highest BCUT2D eigenvalue weighted by molar-refractivity contribution is 7.99. The molecule has 3 rings (SSSR count). The first-order valence-corrected chi connectivity index (χ1v) is 10.0. The second-order valence-corrected chi connectivity index (χ2v) is 7.61. The Morgan fingerprint density at radius 3 is 2.85 bits per heavy atom. The third-order valence-electron chi connectivity index (χ3n) is 3.65. The molecule has 0 radical (unpaired) electrons. The monoisotopic (exact) mass is 386 g/mol. The number of nitrogens with zero attached hydrogens (tertiary/aromatic N) is 1. The van der Waals surface area contributed by atoms with Gasteiger partial charge in [0, 0.05) is 17.0 Å². The molecule has 0 atom stereocenters. The van der Waals surface area contributed by atoms with E-state index in [9.17, 15) is 9.59 Å². The Kier molecular flexibility index (Phi) is 5.90. The molecule has 0 saturated heterocycles. The van der Waals surface area contributed by atoms with Crippen LogP contribution in [0.25, 0.3) is 10.8 Å². The predicted octanol–water partition coefficient (Wildman–Crippen LogP) is 4.79. The molecule has 0 saturated carbocycles. The number of hydrogen-bond acceptors (Lipinski definition) is 6. The average molecular weight is 386 g/mol. The van der Waals surface area contributed by atoms with Crippen molar-refractivity contribution in [2.75, 3.05) is 11.1 Å². The lowest BCUT2D eigenvalue weighted by molar-refractivity contribution is -0.113. The smallest absolute Gasteiger partial charge is 0.236 e. The molecule has 1 aromatic carbocycles. The molecule has 5 nitrogen and oxygen atoms in total. The van der Waals surface area contributed by atoms with E-state index in [2.05, 4.69) is 10.3 Å². The van der Waals surface area contributed by atoms with Crippen LogP contribution < -0.4 is 5.32 Å². The highest BCUT2D eigenvalue weighted by atomic mass is 32.2. The number of aromatic nitrogens is 1. The van der Waals surface area contributed by atoms with Crippen molar-refractivity contribution in [2.24, 2.45) is 0 Å². The first-order valence-electron chi connectivity index (χ1n) is 8.01. The number of carbonyl (C=O) groups excluding carboxylic acids is 2. The third kappa shape index (κ3) is 4.62. The van der Waals surface area contributed by atoms with Gasteiger partial charge in [0.25, 0.3) is 0 Å². The minimum Gasteiger partial charge on any atom is -0.440 e. The van der Waals surface area contributed by atoms with Crippen LogP contribution in [-0.4, -0.2) is 22.4 Å². The predicted molar refractivity (Wildman–Crippen MR) is 106 cm³/mol. The lowest BCUT2D eigenvalue weighted by atomic mass is 10.1. The van der Waals surface area contributed by atoms with Crippen LogP contribution in [-0.2, 0) is 10.5 Å². The van der Waals surface area contributed by atoms with Crippen LogP contribution in [0.5, 0.6) is 0 Å². The van der Waals surface area contributed by atoms with E-state index in [1.165, 1.54) is 18.7 Å². The number of nitrogens with one attached hydrogen (secondary N) is 1. The molecule has 1 N–H and O–H groups in total. The molecule has 1 amide bonds. The number of oxazole rings is 1. The van der Waals surface area contributed by atoms with Gasteiger partial charge in [-0.25, -0.2) is 4.98 Å². The number of hydrogen-bond donors (Lipinski definition) is 1. The topological polar surface area (TPSA) is 72.2 Å². The van der Waals surface area contributed by atoms with Crippen LogP contribution in [0.3, 0.4) is 0 Å². The van der Waals surface area contributed by atoms with Gasteiger partial charge in [0.05, 0.1) is 16.3 Å². The number of amides is 1. The van der Waals surface area contributed by atoms with E-state index < -0.39 is 0 Å². The van der Waals surface area contributed by atoms with Gasteiger partial charge in [-0.05, 0) is 37.4 Å². The molecular weight excluding hydrogens is 368 g/mol. The van der Waals surface area contributed by atoms with Crippen molar-refractivity contribution in [3.8, 4) is 10.8 Å². The van der Waals surface area contributed by atoms with Gasteiger partial charge in [0.2, 0.25) is 11.8 Å². The molecule has 0 fully saturated rings. The summed E-state index contributed by atoms with van der Waals surface area (Å²) >= 11 is 3.05. The number of thioether (sulfide) groups is 1.